The van der Waals surface area contributed by atoms with Crippen LogP contribution in [0.1, 0.15) is 43.4 Å². The second-order valence-corrected chi connectivity index (χ2v) is 12.4. The van der Waals surface area contributed by atoms with E-state index in [2.05, 4.69) is 69.5 Å². The number of hydrogen-bond donors (Lipinski definition) is 1. The summed E-state index contributed by atoms with van der Waals surface area (Å²) < 4.78 is 17.9. The molecule has 43 heavy (non-hydrogen) atoms. The lowest BCUT2D eigenvalue weighted by Gasteiger charge is -2.38. The van der Waals surface area contributed by atoms with Gasteiger partial charge >= 0.3 is 6.01 Å². The molecular formula is C33H41N7O3. The quantitative estimate of drug-likeness (QED) is 0.374. The molecule has 10 nitrogen and oxygen atoms in total. The number of likely N-dealkylation sites (tertiary alicyclic amines) is 1. The van der Waals surface area contributed by atoms with E-state index in [0.29, 0.717) is 25.0 Å². The van der Waals surface area contributed by atoms with Crippen LogP contribution in [0.4, 0.5) is 11.5 Å². The highest BCUT2D eigenvalue weighted by molar-refractivity contribution is 5.95. The lowest BCUT2D eigenvalue weighted by molar-refractivity contribution is 0.0512. The fourth-order valence-electron chi connectivity index (χ4n) is 7.28. The van der Waals surface area contributed by atoms with Gasteiger partial charge in [0.1, 0.15) is 17.2 Å². The highest BCUT2D eigenvalue weighted by Gasteiger charge is 2.55. The van der Waals surface area contributed by atoms with E-state index in [1.807, 2.05) is 0 Å². The number of nitrogens with zero attached hydrogens (tertiary/aromatic N) is 6. The van der Waals surface area contributed by atoms with Gasteiger partial charge in [-0.05, 0) is 57.1 Å². The van der Waals surface area contributed by atoms with Crippen LogP contribution in [0.5, 0.6) is 11.8 Å². The smallest absolute Gasteiger partial charge is 0.319 e. The second kappa shape index (κ2) is 11.8. The normalized spacial score (nSPS) is 23.2. The molecule has 0 radical (unpaired) electrons. The summed E-state index contributed by atoms with van der Waals surface area (Å²) >= 11 is 0. The molecular weight excluding hydrogens is 542 g/mol. The van der Waals surface area contributed by atoms with E-state index >= 15 is 0 Å². The average Bonchev–Trinajstić information content (AvgIpc) is 3.67. The van der Waals surface area contributed by atoms with Gasteiger partial charge < -0.3 is 29.3 Å². The summed E-state index contributed by atoms with van der Waals surface area (Å²) in [4.78, 5) is 17.5. The Morgan fingerprint density at radius 3 is 2.79 bits per heavy atom. The molecule has 3 aromatic rings. The standard InChI is InChI=1S/C33H41N7O3/c1-38-15-5-8-30(38)33(11-12-33)43-32-36-28-21-39(29-19-25(42-22-41-2)18-23-6-3-4-7-26(23)29)16-10-27(28)31(37-32)40-17-14-35-24(20-40)9-13-34/h3-4,6-7,18-19,24,30,35H,5,8-12,14-17,20-22H2,1-2H3. The number of fused-ring (bicyclic) bond motifs is 2. The van der Waals surface area contributed by atoms with Crippen LogP contribution in [0.3, 0.4) is 0 Å². The van der Waals surface area contributed by atoms with Gasteiger partial charge in [-0.3, -0.25) is 4.90 Å². The summed E-state index contributed by atoms with van der Waals surface area (Å²) in [6.45, 7) is 5.23. The Labute approximate surface area is 253 Å². The largest absolute Gasteiger partial charge is 0.467 e. The minimum absolute atomic E-state index is 0.122. The van der Waals surface area contributed by atoms with Crippen molar-refractivity contribution < 1.29 is 14.2 Å². The average molecular weight is 584 g/mol. The van der Waals surface area contributed by atoms with E-state index in [1.54, 1.807) is 7.11 Å². The number of hydrogen-bond acceptors (Lipinski definition) is 10. The van der Waals surface area contributed by atoms with E-state index in [1.165, 1.54) is 17.4 Å². The maximum absolute atomic E-state index is 9.37. The molecule has 4 aliphatic rings. The highest BCUT2D eigenvalue weighted by Crippen LogP contribution is 2.48. The van der Waals surface area contributed by atoms with Gasteiger partial charge in [0, 0.05) is 68.1 Å². The van der Waals surface area contributed by atoms with E-state index in [9.17, 15) is 5.26 Å². The molecule has 7 rings (SSSR count). The van der Waals surface area contributed by atoms with Crippen molar-refractivity contribution in [2.45, 2.75) is 62.8 Å². The zero-order valence-electron chi connectivity index (χ0n) is 25.2. The Bertz CT molecular complexity index is 1520. The first-order valence-corrected chi connectivity index (χ1v) is 15.6. The summed E-state index contributed by atoms with van der Waals surface area (Å²) in [6.07, 6.45) is 5.76. The molecule has 4 heterocycles. The van der Waals surface area contributed by atoms with Crippen LogP contribution in [-0.4, -0.2) is 86.2 Å². The molecule has 2 unspecified atom stereocenters. The summed E-state index contributed by atoms with van der Waals surface area (Å²) in [6, 6.07) is 16.0. The Kier molecular flexibility index (Phi) is 7.72. The van der Waals surface area contributed by atoms with Crippen molar-refractivity contribution in [3.05, 3.63) is 47.7 Å². The van der Waals surface area contributed by atoms with Crippen molar-refractivity contribution in [1.29, 1.82) is 5.26 Å². The third-order valence-electron chi connectivity index (χ3n) is 9.58. The number of benzene rings is 2. The predicted molar refractivity (Wildman–Crippen MR) is 166 cm³/mol. The minimum atomic E-state index is -0.193. The summed E-state index contributed by atoms with van der Waals surface area (Å²) in [5, 5.41) is 15.2. The number of rotatable bonds is 9. The van der Waals surface area contributed by atoms with Gasteiger partial charge in [0.25, 0.3) is 0 Å². The zero-order valence-corrected chi connectivity index (χ0v) is 25.2. The maximum Gasteiger partial charge on any atom is 0.319 e. The number of likely N-dealkylation sites (N-methyl/N-ethyl adjacent to an activating group) is 1. The van der Waals surface area contributed by atoms with Crippen molar-refractivity contribution in [3.8, 4) is 17.8 Å². The van der Waals surface area contributed by atoms with Crippen molar-refractivity contribution in [2.24, 2.45) is 0 Å². The summed E-state index contributed by atoms with van der Waals surface area (Å²) in [5.74, 6) is 1.76. The number of aromatic nitrogens is 2. The Balaban J connectivity index is 1.25. The number of nitriles is 1. The molecule has 1 saturated carbocycles. The van der Waals surface area contributed by atoms with Gasteiger partial charge in [-0.25, -0.2) is 0 Å². The third-order valence-corrected chi connectivity index (χ3v) is 9.58. The molecule has 0 amide bonds. The van der Waals surface area contributed by atoms with Crippen LogP contribution in [0.15, 0.2) is 36.4 Å². The lowest BCUT2D eigenvalue weighted by atomic mass is 10.0. The summed E-state index contributed by atoms with van der Waals surface area (Å²) in [5.41, 5.74) is 3.14. The van der Waals surface area contributed by atoms with Crippen LogP contribution < -0.4 is 24.6 Å². The van der Waals surface area contributed by atoms with Crippen molar-refractivity contribution in [3.63, 3.8) is 0 Å². The van der Waals surface area contributed by atoms with Crippen LogP contribution in [0.2, 0.25) is 0 Å². The van der Waals surface area contributed by atoms with Crippen LogP contribution >= 0.6 is 0 Å². The number of ether oxygens (including phenoxy) is 3. The summed E-state index contributed by atoms with van der Waals surface area (Å²) in [7, 11) is 3.85. The molecule has 3 aliphatic heterocycles. The van der Waals surface area contributed by atoms with Gasteiger partial charge in [0.2, 0.25) is 0 Å². The first-order valence-electron chi connectivity index (χ1n) is 15.6. The molecule has 1 aromatic heterocycles. The Hall–Kier alpha value is -3.65. The van der Waals surface area contributed by atoms with Crippen LogP contribution in [0, 0.1) is 11.3 Å². The number of piperazine rings is 1. The van der Waals surface area contributed by atoms with E-state index in [-0.39, 0.29) is 18.4 Å². The molecule has 226 valence electrons. The number of methoxy groups -OCH3 is 1. The number of anilines is 2. The molecule has 3 fully saturated rings. The molecule has 1 aliphatic carbocycles. The molecule has 10 heteroatoms. The molecule has 0 bridgehead atoms. The van der Waals surface area contributed by atoms with Gasteiger partial charge in [0.15, 0.2) is 6.79 Å². The van der Waals surface area contributed by atoms with Gasteiger partial charge in [-0.1, -0.05) is 24.3 Å². The van der Waals surface area contributed by atoms with Gasteiger partial charge in [-0.2, -0.15) is 15.2 Å². The zero-order chi connectivity index (χ0) is 29.4. The molecule has 0 spiro atoms. The van der Waals surface area contributed by atoms with Crippen molar-refractivity contribution in [2.75, 3.05) is 63.5 Å². The Morgan fingerprint density at radius 1 is 1.12 bits per heavy atom. The Morgan fingerprint density at radius 2 is 2.00 bits per heavy atom. The molecule has 2 saturated heterocycles. The molecule has 1 N–H and O–H groups in total. The second-order valence-electron chi connectivity index (χ2n) is 12.4. The van der Waals surface area contributed by atoms with E-state index in [4.69, 9.17) is 24.2 Å². The van der Waals surface area contributed by atoms with Crippen molar-refractivity contribution >= 4 is 22.3 Å². The van der Waals surface area contributed by atoms with Crippen molar-refractivity contribution in [1.82, 2.24) is 20.2 Å². The highest BCUT2D eigenvalue weighted by atomic mass is 16.7. The fraction of sp³-hybridized carbons (Fsp3) is 0.545. The van der Waals surface area contributed by atoms with Gasteiger partial charge in [0.05, 0.1) is 24.7 Å². The number of nitrogens with one attached hydrogen (secondary N) is 1. The first kappa shape index (κ1) is 28.1. The monoisotopic (exact) mass is 583 g/mol. The predicted octanol–water partition coefficient (Wildman–Crippen LogP) is 3.87. The minimum Gasteiger partial charge on any atom is -0.467 e. The molecule has 2 aromatic carbocycles. The maximum atomic E-state index is 9.37. The van der Waals surface area contributed by atoms with Crippen LogP contribution in [0.25, 0.3) is 10.8 Å². The SMILES string of the molecule is COCOc1cc(N2CCc3c(nc(OC4(C5CCCN5C)CC4)nc3N3CCNC(CC#N)C3)C2)c2ccccc2c1. The van der Waals surface area contributed by atoms with Gasteiger partial charge in [-0.15, -0.1) is 0 Å². The fourth-order valence-corrected chi connectivity index (χ4v) is 7.28. The topological polar surface area (TPSA) is 99.0 Å². The van der Waals surface area contributed by atoms with E-state index < -0.39 is 0 Å². The third kappa shape index (κ3) is 5.57. The first-order chi connectivity index (χ1) is 21.1. The lowest BCUT2D eigenvalue weighted by Crippen LogP contribution is -2.51. The van der Waals surface area contributed by atoms with Crippen LogP contribution in [-0.2, 0) is 17.7 Å². The molecule has 2 atom stereocenters. The van der Waals surface area contributed by atoms with E-state index in [0.717, 1.165) is 86.7 Å².